The van der Waals surface area contributed by atoms with E-state index in [1.807, 2.05) is 36.4 Å². The SMILES string of the molecule is CCC(C)N1C(=O)SC(=Cc2cc(I)c(O)c(OC)c2)C1=O. The first-order valence-electron chi connectivity index (χ1n) is 6.72. The van der Waals surface area contributed by atoms with E-state index in [0.717, 1.165) is 18.2 Å². The van der Waals surface area contributed by atoms with E-state index >= 15 is 0 Å². The molecule has 1 aliphatic heterocycles. The van der Waals surface area contributed by atoms with Gasteiger partial charge in [-0.1, -0.05) is 6.92 Å². The van der Waals surface area contributed by atoms with Crippen LogP contribution >= 0.6 is 34.4 Å². The summed E-state index contributed by atoms with van der Waals surface area (Å²) in [5.74, 6) is 0.124. The Morgan fingerprint density at radius 1 is 1.45 bits per heavy atom. The van der Waals surface area contributed by atoms with Gasteiger partial charge in [0.2, 0.25) is 0 Å². The number of benzene rings is 1. The number of halogens is 1. The summed E-state index contributed by atoms with van der Waals surface area (Å²) in [5.41, 5.74) is 0.703. The van der Waals surface area contributed by atoms with Crippen LogP contribution in [0.5, 0.6) is 11.5 Å². The predicted octanol–water partition coefficient (Wildman–Crippen LogP) is 3.84. The van der Waals surface area contributed by atoms with Crippen molar-refractivity contribution in [1.82, 2.24) is 4.90 Å². The molecule has 5 nitrogen and oxygen atoms in total. The summed E-state index contributed by atoms with van der Waals surface area (Å²) in [4.78, 5) is 26.0. The number of imide groups is 1. The van der Waals surface area contributed by atoms with Gasteiger partial charge in [-0.15, -0.1) is 0 Å². The van der Waals surface area contributed by atoms with Gasteiger partial charge in [-0.3, -0.25) is 14.5 Å². The van der Waals surface area contributed by atoms with Gasteiger partial charge >= 0.3 is 0 Å². The van der Waals surface area contributed by atoms with Crippen LogP contribution in [-0.4, -0.2) is 34.3 Å². The van der Waals surface area contributed by atoms with E-state index in [1.165, 1.54) is 12.0 Å². The first-order chi connectivity index (χ1) is 10.4. The van der Waals surface area contributed by atoms with E-state index in [2.05, 4.69) is 0 Å². The predicted molar refractivity (Wildman–Crippen MR) is 94.9 cm³/mol. The Morgan fingerprint density at radius 3 is 2.73 bits per heavy atom. The summed E-state index contributed by atoms with van der Waals surface area (Å²) in [5, 5.41) is 9.59. The second-order valence-electron chi connectivity index (χ2n) is 4.86. The van der Waals surface area contributed by atoms with E-state index in [0.29, 0.717) is 19.8 Å². The van der Waals surface area contributed by atoms with Gasteiger partial charge < -0.3 is 9.84 Å². The maximum Gasteiger partial charge on any atom is 0.293 e. The number of ether oxygens (including phenoxy) is 1. The first-order valence-corrected chi connectivity index (χ1v) is 8.62. The molecule has 0 radical (unpaired) electrons. The third-order valence-corrected chi connectivity index (χ3v) is 5.13. The van der Waals surface area contributed by atoms with Crippen molar-refractivity contribution in [3.63, 3.8) is 0 Å². The minimum absolute atomic E-state index is 0.0629. The molecule has 1 fully saturated rings. The monoisotopic (exact) mass is 433 g/mol. The summed E-state index contributed by atoms with van der Waals surface area (Å²) in [7, 11) is 1.46. The van der Waals surface area contributed by atoms with Gasteiger partial charge in [0.1, 0.15) is 0 Å². The molecule has 1 aliphatic rings. The number of thioether (sulfide) groups is 1. The third-order valence-electron chi connectivity index (χ3n) is 3.42. The lowest BCUT2D eigenvalue weighted by atomic mass is 10.1. The van der Waals surface area contributed by atoms with E-state index < -0.39 is 0 Å². The number of amides is 2. The highest BCUT2D eigenvalue weighted by atomic mass is 127. The topological polar surface area (TPSA) is 66.8 Å². The summed E-state index contributed by atoms with van der Waals surface area (Å²) in [6.07, 6.45) is 2.37. The average molecular weight is 433 g/mol. The molecule has 1 heterocycles. The summed E-state index contributed by atoms with van der Waals surface area (Å²) in [6.45, 7) is 3.79. The lowest BCUT2D eigenvalue weighted by Gasteiger charge is -2.19. The van der Waals surface area contributed by atoms with Crippen LogP contribution in [0.25, 0.3) is 6.08 Å². The van der Waals surface area contributed by atoms with Crippen LogP contribution < -0.4 is 4.74 Å². The summed E-state index contributed by atoms with van der Waals surface area (Å²) >= 11 is 2.92. The van der Waals surface area contributed by atoms with Crippen molar-refractivity contribution in [3.05, 3.63) is 26.2 Å². The molecule has 1 aromatic carbocycles. The Balaban J connectivity index is 2.37. The number of hydrogen-bond acceptors (Lipinski definition) is 5. The van der Waals surface area contributed by atoms with Gasteiger partial charge in [0.05, 0.1) is 15.6 Å². The largest absolute Gasteiger partial charge is 0.504 e. The highest BCUT2D eigenvalue weighted by molar-refractivity contribution is 14.1. The van der Waals surface area contributed by atoms with E-state index in [-0.39, 0.29) is 22.9 Å². The van der Waals surface area contributed by atoms with Gasteiger partial charge in [0.15, 0.2) is 11.5 Å². The number of carbonyl (C=O) groups excluding carboxylic acids is 2. The van der Waals surface area contributed by atoms with E-state index in [4.69, 9.17) is 4.74 Å². The maximum absolute atomic E-state index is 12.4. The van der Waals surface area contributed by atoms with Crippen LogP contribution in [0, 0.1) is 3.57 Å². The van der Waals surface area contributed by atoms with Gasteiger partial charge in [-0.05, 0) is 71.5 Å². The van der Waals surface area contributed by atoms with Crippen LogP contribution in [0.3, 0.4) is 0 Å². The number of phenolic OH excluding ortho intramolecular Hbond substituents is 1. The van der Waals surface area contributed by atoms with Crippen molar-refractivity contribution in [3.8, 4) is 11.5 Å². The third kappa shape index (κ3) is 3.24. The fraction of sp³-hybridized carbons (Fsp3) is 0.333. The summed E-state index contributed by atoms with van der Waals surface area (Å²) < 4.78 is 5.72. The molecule has 22 heavy (non-hydrogen) atoms. The minimum Gasteiger partial charge on any atom is -0.504 e. The molecule has 1 unspecified atom stereocenters. The molecule has 2 amide bonds. The zero-order valence-corrected chi connectivity index (χ0v) is 15.4. The van der Waals surface area contributed by atoms with Crippen LogP contribution in [0.15, 0.2) is 17.0 Å². The molecule has 0 aliphatic carbocycles. The molecule has 1 aromatic rings. The zero-order valence-electron chi connectivity index (χ0n) is 12.4. The molecule has 2 rings (SSSR count). The Morgan fingerprint density at radius 2 is 2.14 bits per heavy atom. The van der Waals surface area contributed by atoms with E-state index in [9.17, 15) is 14.7 Å². The second-order valence-corrected chi connectivity index (χ2v) is 7.02. The molecule has 7 heteroatoms. The quantitative estimate of drug-likeness (QED) is 0.578. The fourth-order valence-corrected chi connectivity index (χ4v) is 3.58. The van der Waals surface area contributed by atoms with Gasteiger partial charge in [-0.25, -0.2) is 0 Å². The number of phenols is 1. The van der Waals surface area contributed by atoms with Gasteiger partial charge in [0, 0.05) is 6.04 Å². The Bertz CT molecular complexity index is 659. The Hall–Kier alpha value is -1.22. The lowest BCUT2D eigenvalue weighted by Crippen LogP contribution is -2.36. The van der Waals surface area contributed by atoms with Crippen molar-refractivity contribution in [1.29, 1.82) is 0 Å². The van der Waals surface area contributed by atoms with Crippen molar-refractivity contribution in [2.75, 3.05) is 7.11 Å². The molecule has 0 spiro atoms. The number of carbonyl (C=O) groups is 2. The Kier molecular flexibility index (Phi) is 5.38. The lowest BCUT2D eigenvalue weighted by molar-refractivity contribution is -0.124. The number of hydrogen-bond donors (Lipinski definition) is 1. The number of rotatable bonds is 4. The molecular formula is C15H16INO4S. The smallest absolute Gasteiger partial charge is 0.293 e. The second kappa shape index (κ2) is 6.91. The number of nitrogens with zero attached hydrogens (tertiary/aromatic N) is 1. The highest BCUT2D eigenvalue weighted by Gasteiger charge is 2.37. The van der Waals surface area contributed by atoms with Crippen LogP contribution in [0.1, 0.15) is 25.8 Å². The number of aromatic hydroxyl groups is 1. The fourth-order valence-electron chi connectivity index (χ4n) is 2.03. The number of methoxy groups -OCH3 is 1. The molecule has 0 saturated carbocycles. The maximum atomic E-state index is 12.4. The van der Waals surface area contributed by atoms with Crippen molar-refractivity contribution >= 4 is 51.6 Å². The first kappa shape index (κ1) is 17.1. The molecule has 0 aromatic heterocycles. The zero-order chi connectivity index (χ0) is 16.4. The van der Waals surface area contributed by atoms with E-state index in [1.54, 1.807) is 18.2 Å². The van der Waals surface area contributed by atoms with Crippen molar-refractivity contribution in [2.45, 2.75) is 26.3 Å². The normalized spacial score (nSPS) is 18.2. The molecule has 0 bridgehead atoms. The Labute approximate surface area is 146 Å². The summed E-state index contributed by atoms with van der Waals surface area (Å²) in [6, 6.07) is 3.25. The van der Waals surface area contributed by atoms with Crippen LogP contribution in [0.2, 0.25) is 0 Å². The van der Waals surface area contributed by atoms with Gasteiger partial charge in [0.25, 0.3) is 11.1 Å². The average Bonchev–Trinajstić information content (AvgIpc) is 2.76. The highest BCUT2D eigenvalue weighted by Crippen LogP contribution is 2.37. The molecule has 118 valence electrons. The standard InChI is InChI=1S/C15H16INO4S/c1-4-8(2)17-14(19)12(22-15(17)20)7-9-5-10(16)13(18)11(6-9)21-3/h5-8,18H,4H2,1-3H3. The molecule has 1 atom stereocenters. The van der Waals surface area contributed by atoms with Gasteiger partial charge in [-0.2, -0.15) is 0 Å². The minimum atomic E-state index is -0.272. The van der Waals surface area contributed by atoms with Crippen LogP contribution in [-0.2, 0) is 4.79 Å². The van der Waals surface area contributed by atoms with Crippen molar-refractivity contribution in [2.24, 2.45) is 0 Å². The van der Waals surface area contributed by atoms with Crippen LogP contribution in [0.4, 0.5) is 4.79 Å². The molecule has 1 N–H and O–H groups in total. The molecular weight excluding hydrogens is 417 g/mol. The van der Waals surface area contributed by atoms with Crippen molar-refractivity contribution < 1.29 is 19.4 Å². The molecule has 1 saturated heterocycles.